The van der Waals surface area contributed by atoms with E-state index in [1.54, 1.807) is 0 Å². The van der Waals surface area contributed by atoms with Gasteiger partial charge in [0, 0.05) is 41.6 Å². The molecule has 1 aromatic heterocycles. The lowest BCUT2D eigenvalue weighted by Crippen LogP contribution is -2.64. The van der Waals surface area contributed by atoms with Gasteiger partial charge in [-0.1, -0.05) is 18.2 Å². The molecule has 5 heteroatoms. The Balaban J connectivity index is 1.51. The average Bonchev–Trinajstić information content (AvgIpc) is 3.20. The lowest BCUT2D eigenvalue weighted by Gasteiger charge is -2.47. The second-order valence-electron chi connectivity index (χ2n) is 7.37. The first-order chi connectivity index (χ1) is 12.1. The van der Waals surface area contributed by atoms with Crippen LogP contribution < -0.4 is 4.90 Å². The topological polar surface area (TPSA) is 26.8 Å². The Labute approximate surface area is 153 Å². The monoisotopic (exact) mass is 355 g/mol. The van der Waals surface area contributed by atoms with Crippen LogP contribution in [0, 0.1) is 6.92 Å². The molecule has 132 valence electrons. The van der Waals surface area contributed by atoms with Gasteiger partial charge in [-0.3, -0.25) is 14.6 Å². The number of para-hydroxylation sites is 1. The van der Waals surface area contributed by atoms with Crippen molar-refractivity contribution in [2.75, 3.05) is 38.1 Å². The molecule has 4 rings (SSSR count). The van der Waals surface area contributed by atoms with E-state index >= 15 is 0 Å². The average molecular weight is 356 g/mol. The van der Waals surface area contributed by atoms with Gasteiger partial charge in [0.2, 0.25) is 5.91 Å². The summed E-state index contributed by atoms with van der Waals surface area (Å²) < 4.78 is 0. The van der Waals surface area contributed by atoms with Crippen molar-refractivity contribution in [3.63, 3.8) is 0 Å². The normalized spacial score (nSPS) is 25.2. The maximum atomic E-state index is 12.6. The number of likely N-dealkylation sites (tertiary alicyclic amines) is 1. The molecular formula is C20H25N3OS. The second kappa shape index (κ2) is 6.56. The zero-order valence-corrected chi connectivity index (χ0v) is 15.8. The van der Waals surface area contributed by atoms with Gasteiger partial charge in [0.1, 0.15) is 0 Å². The maximum absolute atomic E-state index is 12.6. The summed E-state index contributed by atoms with van der Waals surface area (Å²) in [5, 5.41) is 0. The van der Waals surface area contributed by atoms with Gasteiger partial charge < -0.3 is 4.90 Å². The molecular weight excluding hydrogens is 330 g/mol. The van der Waals surface area contributed by atoms with Crippen LogP contribution in [0.1, 0.15) is 16.2 Å². The van der Waals surface area contributed by atoms with Crippen molar-refractivity contribution in [2.24, 2.45) is 0 Å². The quantitative estimate of drug-likeness (QED) is 0.847. The molecule has 4 nitrogen and oxygen atoms in total. The van der Waals surface area contributed by atoms with Crippen molar-refractivity contribution < 1.29 is 4.79 Å². The highest BCUT2D eigenvalue weighted by atomic mass is 32.1. The maximum Gasteiger partial charge on any atom is 0.241 e. The molecule has 2 fully saturated rings. The highest BCUT2D eigenvalue weighted by Gasteiger charge is 2.47. The second-order valence-corrected chi connectivity index (χ2v) is 8.74. The van der Waals surface area contributed by atoms with Crippen molar-refractivity contribution in [3.05, 3.63) is 52.2 Å². The first kappa shape index (κ1) is 16.8. The van der Waals surface area contributed by atoms with E-state index in [9.17, 15) is 4.79 Å². The number of hydrogen-bond donors (Lipinski definition) is 0. The molecule has 0 bridgehead atoms. The number of likely N-dealkylation sites (N-methyl/N-ethyl adjacent to an activating group) is 1. The minimum atomic E-state index is 0.0655. The van der Waals surface area contributed by atoms with Crippen LogP contribution in [0.5, 0.6) is 0 Å². The summed E-state index contributed by atoms with van der Waals surface area (Å²) in [5.74, 6) is 0.201. The van der Waals surface area contributed by atoms with E-state index in [1.165, 1.54) is 9.75 Å². The van der Waals surface area contributed by atoms with Crippen molar-refractivity contribution in [3.8, 4) is 0 Å². The number of rotatable bonds is 3. The fraction of sp³-hybridized carbons (Fsp3) is 0.450. The number of carbonyl (C=O) groups excluding carboxylic acids is 1. The smallest absolute Gasteiger partial charge is 0.241 e. The lowest BCUT2D eigenvalue weighted by molar-refractivity contribution is -0.123. The van der Waals surface area contributed by atoms with Crippen LogP contribution in [-0.4, -0.2) is 54.5 Å². The van der Waals surface area contributed by atoms with Gasteiger partial charge in [0.15, 0.2) is 0 Å². The highest BCUT2D eigenvalue weighted by molar-refractivity contribution is 7.11. The largest absolute Gasteiger partial charge is 0.309 e. The number of anilines is 1. The van der Waals surface area contributed by atoms with Crippen LogP contribution in [-0.2, 0) is 11.3 Å². The fourth-order valence-electron chi connectivity index (χ4n) is 4.11. The van der Waals surface area contributed by atoms with Crippen molar-refractivity contribution in [2.45, 2.75) is 25.4 Å². The summed E-state index contributed by atoms with van der Waals surface area (Å²) in [6, 6.07) is 14.5. The minimum Gasteiger partial charge on any atom is -0.309 e. The zero-order chi connectivity index (χ0) is 17.4. The molecule has 1 spiro atoms. The number of benzene rings is 1. The van der Waals surface area contributed by atoms with Crippen LogP contribution in [0.15, 0.2) is 42.5 Å². The summed E-state index contributed by atoms with van der Waals surface area (Å²) in [4.78, 5) is 22.2. The Morgan fingerprint density at radius 2 is 1.92 bits per heavy atom. The molecule has 2 saturated heterocycles. The van der Waals surface area contributed by atoms with Crippen LogP contribution >= 0.6 is 11.3 Å². The van der Waals surface area contributed by atoms with Gasteiger partial charge in [0.25, 0.3) is 0 Å². The molecule has 3 heterocycles. The SMILES string of the molecule is Cc1ccc(CN2CC[C@@]3(C2)CN(c2ccccc2)C(=O)CN3C)s1. The van der Waals surface area contributed by atoms with Gasteiger partial charge in [-0.25, -0.2) is 0 Å². The zero-order valence-electron chi connectivity index (χ0n) is 14.9. The molecule has 1 amide bonds. The van der Waals surface area contributed by atoms with Crippen LogP contribution in [0.3, 0.4) is 0 Å². The number of piperazine rings is 1. The van der Waals surface area contributed by atoms with Crippen LogP contribution in [0.25, 0.3) is 0 Å². The van der Waals surface area contributed by atoms with E-state index < -0.39 is 0 Å². The number of thiophene rings is 1. The number of aryl methyl sites for hydroxylation is 1. The summed E-state index contributed by atoms with van der Waals surface area (Å²) in [6.07, 6.45) is 1.12. The van der Waals surface area contributed by atoms with E-state index in [1.807, 2.05) is 46.6 Å². The summed E-state index contributed by atoms with van der Waals surface area (Å²) in [6.45, 7) is 6.59. The molecule has 1 aromatic carbocycles. The van der Waals surface area contributed by atoms with E-state index in [0.717, 1.165) is 38.3 Å². The van der Waals surface area contributed by atoms with E-state index in [2.05, 4.69) is 35.9 Å². The molecule has 0 radical (unpaired) electrons. The fourth-order valence-corrected chi connectivity index (χ4v) is 5.04. The predicted molar refractivity (Wildman–Crippen MR) is 103 cm³/mol. The first-order valence-electron chi connectivity index (χ1n) is 8.90. The molecule has 25 heavy (non-hydrogen) atoms. The van der Waals surface area contributed by atoms with E-state index in [4.69, 9.17) is 0 Å². The number of nitrogens with zero attached hydrogens (tertiary/aromatic N) is 3. The van der Waals surface area contributed by atoms with E-state index in [0.29, 0.717) is 6.54 Å². The molecule has 0 N–H and O–H groups in total. The van der Waals surface area contributed by atoms with Gasteiger partial charge in [-0.05, 0) is 44.7 Å². The highest BCUT2D eigenvalue weighted by Crippen LogP contribution is 2.34. The molecule has 2 aliphatic heterocycles. The number of carbonyl (C=O) groups is 1. The molecule has 0 unspecified atom stereocenters. The van der Waals surface area contributed by atoms with Crippen molar-refractivity contribution in [1.29, 1.82) is 0 Å². The molecule has 2 aromatic rings. The van der Waals surface area contributed by atoms with E-state index in [-0.39, 0.29) is 11.4 Å². The van der Waals surface area contributed by atoms with Crippen LogP contribution in [0.4, 0.5) is 5.69 Å². The summed E-state index contributed by atoms with van der Waals surface area (Å²) in [7, 11) is 2.11. The number of amides is 1. The Bertz CT molecular complexity index is 759. The summed E-state index contributed by atoms with van der Waals surface area (Å²) >= 11 is 1.89. The Morgan fingerprint density at radius 1 is 1.12 bits per heavy atom. The third-order valence-electron chi connectivity index (χ3n) is 5.59. The lowest BCUT2D eigenvalue weighted by atomic mass is 9.92. The van der Waals surface area contributed by atoms with Gasteiger partial charge in [-0.2, -0.15) is 0 Å². The first-order valence-corrected chi connectivity index (χ1v) is 9.72. The van der Waals surface area contributed by atoms with Crippen molar-refractivity contribution >= 4 is 22.9 Å². The molecule has 0 aliphatic carbocycles. The Hall–Kier alpha value is -1.69. The van der Waals surface area contributed by atoms with Crippen LogP contribution in [0.2, 0.25) is 0 Å². The van der Waals surface area contributed by atoms with Crippen molar-refractivity contribution in [1.82, 2.24) is 9.80 Å². The predicted octanol–water partition coefficient (Wildman–Crippen LogP) is 2.98. The van der Waals surface area contributed by atoms with Gasteiger partial charge >= 0.3 is 0 Å². The van der Waals surface area contributed by atoms with Gasteiger partial charge in [0.05, 0.1) is 12.1 Å². The van der Waals surface area contributed by atoms with Gasteiger partial charge in [-0.15, -0.1) is 11.3 Å². The standard InChI is InChI=1S/C20H25N3OS/c1-16-8-9-18(25-16)12-22-11-10-20(14-22)15-23(19(24)13-21(20)2)17-6-4-3-5-7-17/h3-9H,10-15H2,1-2H3/t20-/m1/s1. The number of hydrogen-bond acceptors (Lipinski definition) is 4. The Morgan fingerprint density at radius 3 is 2.64 bits per heavy atom. The molecule has 2 aliphatic rings. The Kier molecular flexibility index (Phi) is 4.40. The summed E-state index contributed by atoms with van der Waals surface area (Å²) in [5.41, 5.74) is 1.09. The third-order valence-corrected chi connectivity index (χ3v) is 6.58. The third kappa shape index (κ3) is 3.24. The molecule has 0 saturated carbocycles. The minimum absolute atomic E-state index is 0.0655. The molecule has 1 atom stereocenters.